The van der Waals surface area contributed by atoms with Gasteiger partial charge in [0.05, 0.1) is 0 Å². The van der Waals surface area contributed by atoms with Crippen molar-refractivity contribution in [2.75, 3.05) is 0 Å². The third-order valence-corrected chi connectivity index (χ3v) is 3.76. The Balaban J connectivity index is 2.20. The zero-order chi connectivity index (χ0) is 17.3. The second-order valence-electron chi connectivity index (χ2n) is 6.67. The van der Waals surface area contributed by atoms with E-state index < -0.39 is 12.2 Å². The van der Waals surface area contributed by atoms with Gasteiger partial charge in [-0.1, -0.05) is 50.2 Å². The maximum atomic E-state index is 13.4. The zero-order valence-corrected chi connectivity index (χ0v) is 13.7. The predicted molar refractivity (Wildman–Crippen MR) is 82.0 cm³/mol. The van der Waals surface area contributed by atoms with Crippen LogP contribution in [0.1, 0.15) is 49.2 Å². The largest absolute Gasteiger partial charge is 0.407 e. The monoisotopic (exact) mass is 326 g/mol. The standard InChI is InChI=1S/C17H21F3N2O/c1-11-10-23-22-14(11)9-21-15(17(18,19)20)12-5-7-13(8-6-12)16(2,3)4/h5-8,10,15,21H,9H2,1-4H3. The fourth-order valence-electron chi connectivity index (χ4n) is 2.28. The van der Waals surface area contributed by atoms with Crippen molar-refractivity contribution in [3.8, 4) is 0 Å². The van der Waals surface area contributed by atoms with Gasteiger partial charge >= 0.3 is 6.18 Å². The summed E-state index contributed by atoms with van der Waals surface area (Å²) in [4.78, 5) is 0. The average Bonchev–Trinajstić information content (AvgIpc) is 2.83. The third-order valence-electron chi connectivity index (χ3n) is 3.76. The van der Waals surface area contributed by atoms with Crippen molar-refractivity contribution in [3.63, 3.8) is 0 Å². The quantitative estimate of drug-likeness (QED) is 0.887. The number of nitrogens with one attached hydrogen (secondary N) is 1. The maximum absolute atomic E-state index is 13.4. The number of rotatable bonds is 4. The molecule has 0 saturated heterocycles. The Morgan fingerprint density at radius 1 is 1.13 bits per heavy atom. The zero-order valence-electron chi connectivity index (χ0n) is 13.7. The van der Waals surface area contributed by atoms with Crippen molar-refractivity contribution < 1.29 is 17.7 Å². The molecule has 23 heavy (non-hydrogen) atoms. The molecule has 0 saturated carbocycles. The summed E-state index contributed by atoms with van der Waals surface area (Å²) in [5.74, 6) is 0. The van der Waals surface area contributed by atoms with Crippen LogP contribution >= 0.6 is 0 Å². The molecule has 0 aliphatic heterocycles. The lowest BCUT2D eigenvalue weighted by atomic mass is 9.86. The van der Waals surface area contributed by atoms with Gasteiger partial charge in [-0.2, -0.15) is 13.2 Å². The van der Waals surface area contributed by atoms with E-state index in [-0.39, 0.29) is 17.5 Å². The Hall–Kier alpha value is -1.82. The normalized spacial score (nSPS) is 14.0. The summed E-state index contributed by atoms with van der Waals surface area (Å²) in [7, 11) is 0. The van der Waals surface area contributed by atoms with Crippen molar-refractivity contribution in [1.29, 1.82) is 0 Å². The van der Waals surface area contributed by atoms with Gasteiger partial charge in [0.15, 0.2) is 0 Å². The summed E-state index contributed by atoms with van der Waals surface area (Å²) in [6.45, 7) is 7.81. The van der Waals surface area contributed by atoms with Gasteiger partial charge in [-0.3, -0.25) is 5.32 Å². The molecule has 2 rings (SSSR count). The molecule has 1 unspecified atom stereocenters. The lowest BCUT2D eigenvalue weighted by Crippen LogP contribution is -2.34. The van der Waals surface area contributed by atoms with Crippen molar-refractivity contribution in [2.45, 2.75) is 51.9 Å². The van der Waals surface area contributed by atoms with E-state index in [1.807, 2.05) is 20.8 Å². The summed E-state index contributed by atoms with van der Waals surface area (Å²) in [5.41, 5.74) is 2.28. The Kier molecular flexibility index (Phi) is 4.84. The molecule has 1 aromatic carbocycles. The highest BCUT2D eigenvalue weighted by atomic mass is 19.4. The third kappa shape index (κ3) is 4.34. The number of benzene rings is 1. The van der Waals surface area contributed by atoms with Crippen LogP contribution in [0.4, 0.5) is 13.2 Å². The number of nitrogens with zero attached hydrogens (tertiary/aromatic N) is 1. The first-order chi connectivity index (χ1) is 10.6. The maximum Gasteiger partial charge on any atom is 0.407 e. The van der Waals surface area contributed by atoms with E-state index in [1.165, 1.54) is 18.4 Å². The second kappa shape index (κ2) is 6.35. The SMILES string of the molecule is Cc1conc1CNC(c1ccc(C(C)(C)C)cc1)C(F)(F)F. The van der Waals surface area contributed by atoms with Gasteiger partial charge in [0.25, 0.3) is 0 Å². The average molecular weight is 326 g/mol. The Bertz CT molecular complexity index is 639. The van der Waals surface area contributed by atoms with Gasteiger partial charge in [-0.05, 0) is 23.5 Å². The number of alkyl halides is 3. The van der Waals surface area contributed by atoms with E-state index in [9.17, 15) is 13.2 Å². The van der Waals surface area contributed by atoms with Gasteiger partial charge in [0, 0.05) is 12.1 Å². The van der Waals surface area contributed by atoms with Gasteiger partial charge in [0.2, 0.25) is 0 Å². The van der Waals surface area contributed by atoms with Gasteiger partial charge in [0.1, 0.15) is 18.0 Å². The summed E-state index contributed by atoms with van der Waals surface area (Å²) in [6, 6.07) is 4.81. The minimum absolute atomic E-state index is 0.00642. The van der Waals surface area contributed by atoms with E-state index >= 15 is 0 Å². The molecule has 1 atom stereocenters. The molecule has 1 heterocycles. The number of hydrogen-bond donors (Lipinski definition) is 1. The molecular formula is C17H21F3N2O. The molecule has 3 nitrogen and oxygen atoms in total. The highest BCUT2D eigenvalue weighted by Gasteiger charge is 2.40. The highest BCUT2D eigenvalue weighted by Crippen LogP contribution is 2.34. The van der Waals surface area contributed by atoms with Crippen LogP contribution in [0.5, 0.6) is 0 Å². The van der Waals surface area contributed by atoms with Crippen LogP contribution in [0.25, 0.3) is 0 Å². The second-order valence-corrected chi connectivity index (χ2v) is 6.67. The van der Waals surface area contributed by atoms with E-state index in [0.29, 0.717) is 5.69 Å². The van der Waals surface area contributed by atoms with Crippen molar-refractivity contribution in [2.24, 2.45) is 0 Å². The van der Waals surface area contributed by atoms with Crippen LogP contribution in [-0.4, -0.2) is 11.3 Å². The summed E-state index contributed by atoms with van der Waals surface area (Å²) >= 11 is 0. The first-order valence-corrected chi connectivity index (χ1v) is 7.39. The number of halogens is 3. The molecule has 0 bridgehead atoms. The van der Waals surface area contributed by atoms with Crippen LogP contribution in [0.3, 0.4) is 0 Å². The smallest absolute Gasteiger partial charge is 0.364 e. The molecule has 0 fully saturated rings. The number of aryl methyl sites for hydroxylation is 1. The predicted octanol–water partition coefficient (Wildman–Crippen LogP) is 4.67. The molecule has 0 radical (unpaired) electrons. The number of aromatic nitrogens is 1. The molecule has 0 spiro atoms. The molecule has 126 valence electrons. The van der Waals surface area contributed by atoms with Crippen LogP contribution in [0.15, 0.2) is 35.1 Å². The molecule has 1 aromatic heterocycles. The van der Waals surface area contributed by atoms with Gasteiger partial charge in [-0.15, -0.1) is 0 Å². The fourth-order valence-corrected chi connectivity index (χ4v) is 2.28. The van der Waals surface area contributed by atoms with E-state index in [0.717, 1.165) is 11.1 Å². The first kappa shape index (κ1) is 17.5. The Morgan fingerprint density at radius 2 is 1.74 bits per heavy atom. The molecule has 0 amide bonds. The molecule has 1 N–H and O–H groups in total. The summed E-state index contributed by atoms with van der Waals surface area (Å²) < 4.78 is 44.8. The van der Waals surface area contributed by atoms with Crippen molar-refractivity contribution in [3.05, 3.63) is 52.9 Å². The van der Waals surface area contributed by atoms with Gasteiger partial charge < -0.3 is 4.52 Å². The van der Waals surface area contributed by atoms with Crippen molar-refractivity contribution >= 4 is 0 Å². The van der Waals surface area contributed by atoms with Crippen LogP contribution in [0, 0.1) is 6.92 Å². The molecule has 0 aliphatic carbocycles. The van der Waals surface area contributed by atoms with Crippen LogP contribution < -0.4 is 5.32 Å². The molecular weight excluding hydrogens is 305 g/mol. The molecule has 2 aromatic rings. The van der Waals surface area contributed by atoms with E-state index in [4.69, 9.17) is 4.52 Å². The van der Waals surface area contributed by atoms with Gasteiger partial charge in [-0.25, -0.2) is 0 Å². The summed E-state index contributed by atoms with van der Waals surface area (Å²) in [6.07, 6.45) is -2.97. The first-order valence-electron chi connectivity index (χ1n) is 7.39. The lowest BCUT2D eigenvalue weighted by molar-refractivity contribution is -0.158. The van der Waals surface area contributed by atoms with Crippen LogP contribution in [-0.2, 0) is 12.0 Å². The Morgan fingerprint density at radius 3 is 2.17 bits per heavy atom. The summed E-state index contributed by atoms with van der Waals surface area (Å²) in [5, 5.41) is 6.23. The van der Waals surface area contributed by atoms with E-state index in [1.54, 1.807) is 19.1 Å². The number of hydrogen-bond acceptors (Lipinski definition) is 3. The molecule has 6 heteroatoms. The van der Waals surface area contributed by atoms with E-state index in [2.05, 4.69) is 10.5 Å². The minimum Gasteiger partial charge on any atom is -0.364 e. The molecule has 0 aliphatic rings. The minimum atomic E-state index is -4.39. The van der Waals surface area contributed by atoms with Crippen LogP contribution in [0.2, 0.25) is 0 Å². The van der Waals surface area contributed by atoms with Crippen molar-refractivity contribution in [1.82, 2.24) is 10.5 Å². The highest BCUT2D eigenvalue weighted by molar-refractivity contribution is 5.30. The fraction of sp³-hybridized carbons (Fsp3) is 0.471. The topological polar surface area (TPSA) is 38.1 Å². The Labute approximate surface area is 133 Å². The lowest BCUT2D eigenvalue weighted by Gasteiger charge is -2.24.